The lowest BCUT2D eigenvalue weighted by Gasteiger charge is -2.23. The molecule has 0 aromatic heterocycles. The van der Waals surface area contributed by atoms with Crippen LogP contribution in [0.5, 0.6) is 0 Å². The van der Waals surface area contributed by atoms with E-state index in [9.17, 15) is 13.2 Å². The summed E-state index contributed by atoms with van der Waals surface area (Å²) in [6.45, 7) is 2.07. The maximum atomic E-state index is 12.2. The number of sulfonamides is 1. The average molecular weight is 428 g/mol. The zero-order chi connectivity index (χ0) is 21.4. The fourth-order valence-corrected chi connectivity index (χ4v) is 4.56. The third-order valence-corrected chi connectivity index (χ3v) is 6.64. The number of carbonyl (C=O) groups is 1. The van der Waals surface area contributed by atoms with Gasteiger partial charge in [0.2, 0.25) is 15.9 Å². The van der Waals surface area contributed by atoms with Crippen molar-refractivity contribution in [2.75, 3.05) is 17.2 Å². The highest BCUT2D eigenvalue weighted by Gasteiger charge is 2.13. The van der Waals surface area contributed by atoms with Crippen molar-refractivity contribution in [1.82, 2.24) is 4.72 Å². The number of amides is 1. The number of hydrogen-bond acceptors (Lipinski definition) is 4. The zero-order valence-corrected chi connectivity index (χ0v) is 18.0. The number of hydrogen-bond donors (Lipinski definition) is 3. The molecule has 30 heavy (non-hydrogen) atoms. The molecule has 3 N–H and O–H groups in total. The molecule has 7 heteroatoms. The van der Waals surface area contributed by atoms with Gasteiger partial charge in [-0.25, -0.2) is 13.1 Å². The Balaban J connectivity index is 1.52. The molecule has 0 heterocycles. The Kier molecular flexibility index (Phi) is 7.65. The predicted molar refractivity (Wildman–Crippen MR) is 122 cm³/mol. The van der Waals surface area contributed by atoms with Crippen LogP contribution in [0.2, 0.25) is 0 Å². The van der Waals surface area contributed by atoms with Crippen LogP contribution in [0.4, 0.5) is 11.4 Å². The van der Waals surface area contributed by atoms with Crippen molar-refractivity contribution in [2.24, 2.45) is 0 Å². The lowest BCUT2D eigenvalue weighted by atomic mass is 9.95. The Bertz CT molecular complexity index is 962. The van der Waals surface area contributed by atoms with Crippen LogP contribution >= 0.6 is 0 Å². The third-order valence-electron chi connectivity index (χ3n) is 5.08. The van der Waals surface area contributed by atoms with Gasteiger partial charge < -0.3 is 10.6 Å². The molecule has 6 nitrogen and oxygen atoms in total. The topological polar surface area (TPSA) is 87.3 Å². The molecule has 2 aromatic rings. The molecule has 3 rings (SSSR count). The largest absolute Gasteiger partial charge is 0.382 e. The first-order valence-electron chi connectivity index (χ1n) is 10.4. The van der Waals surface area contributed by atoms with Gasteiger partial charge in [-0.2, -0.15) is 0 Å². The molecule has 1 saturated carbocycles. The van der Waals surface area contributed by atoms with E-state index in [0.29, 0.717) is 12.6 Å². The van der Waals surface area contributed by atoms with E-state index in [1.54, 1.807) is 25.1 Å². The Morgan fingerprint density at radius 2 is 1.60 bits per heavy atom. The van der Waals surface area contributed by atoms with Gasteiger partial charge in [0.25, 0.3) is 0 Å². The Morgan fingerprint density at radius 3 is 2.23 bits per heavy atom. The fourth-order valence-electron chi connectivity index (χ4n) is 3.52. The van der Waals surface area contributed by atoms with Crippen molar-refractivity contribution < 1.29 is 13.2 Å². The quantitative estimate of drug-likeness (QED) is 0.546. The summed E-state index contributed by atoms with van der Waals surface area (Å²) in [7, 11) is -3.47. The second kappa shape index (κ2) is 10.4. The van der Waals surface area contributed by atoms with Crippen LogP contribution in [0.1, 0.15) is 44.6 Å². The van der Waals surface area contributed by atoms with Gasteiger partial charge in [-0.3, -0.25) is 4.79 Å². The summed E-state index contributed by atoms with van der Waals surface area (Å²) >= 11 is 0. The van der Waals surface area contributed by atoms with Crippen molar-refractivity contribution in [3.63, 3.8) is 0 Å². The van der Waals surface area contributed by atoms with Crippen LogP contribution in [-0.4, -0.2) is 26.9 Å². The van der Waals surface area contributed by atoms with Crippen LogP contribution in [0.25, 0.3) is 6.08 Å². The second-order valence-corrected chi connectivity index (χ2v) is 9.22. The maximum absolute atomic E-state index is 12.2. The molecule has 2 aromatic carbocycles. The molecule has 0 spiro atoms. The van der Waals surface area contributed by atoms with Crippen LogP contribution in [0.15, 0.2) is 59.5 Å². The molecule has 1 aliphatic carbocycles. The van der Waals surface area contributed by atoms with Gasteiger partial charge >= 0.3 is 0 Å². The minimum atomic E-state index is -3.47. The smallest absolute Gasteiger partial charge is 0.248 e. The molecule has 0 bridgehead atoms. The fraction of sp³-hybridized carbons (Fsp3) is 0.348. The first-order chi connectivity index (χ1) is 14.5. The minimum absolute atomic E-state index is 0.202. The molecule has 0 atom stereocenters. The lowest BCUT2D eigenvalue weighted by molar-refractivity contribution is -0.111. The Labute approximate surface area is 178 Å². The van der Waals surface area contributed by atoms with Crippen molar-refractivity contribution in [3.8, 4) is 0 Å². The van der Waals surface area contributed by atoms with Gasteiger partial charge in [0.05, 0.1) is 4.90 Å². The third kappa shape index (κ3) is 6.43. The summed E-state index contributed by atoms with van der Waals surface area (Å²) in [5.74, 6) is -0.243. The number of benzene rings is 2. The van der Waals surface area contributed by atoms with Crippen molar-refractivity contribution in [3.05, 3.63) is 60.2 Å². The summed E-state index contributed by atoms with van der Waals surface area (Å²) in [5.41, 5.74) is 2.54. The molecule has 0 saturated heterocycles. The molecular weight excluding hydrogens is 398 g/mol. The molecule has 0 unspecified atom stereocenters. The highest BCUT2D eigenvalue weighted by atomic mass is 32.2. The second-order valence-electron chi connectivity index (χ2n) is 7.45. The molecule has 1 amide bonds. The first kappa shape index (κ1) is 22.1. The highest BCUT2D eigenvalue weighted by Crippen LogP contribution is 2.22. The van der Waals surface area contributed by atoms with E-state index in [0.717, 1.165) is 16.9 Å². The van der Waals surface area contributed by atoms with E-state index >= 15 is 0 Å². The highest BCUT2D eigenvalue weighted by molar-refractivity contribution is 7.89. The summed E-state index contributed by atoms with van der Waals surface area (Å²) in [5, 5.41) is 6.39. The standard InChI is InChI=1S/C23H29N3O3S/c1-2-24-30(28,29)22-15-8-18(9-16-22)10-17-23(27)26-21-13-11-20(12-14-21)25-19-6-4-3-5-7-19/h8-17,19,24-25H,2-7H2,1H3,(H,26,27)/b17-10+. The number of rotatable bonds is 8. The molecule has 1 aliphatic rings. The number of carbonyl (C=O) groups excluding carboxylic acids is 1. The summed E-state index contributed by atoms with van der Waals surface area (Å²) in [6.07, 6.45) is 9.41. The van der Waals surface area contributed by atoms with Gasteiger partial charge in [0, 0.05) is 30.0 Å². The minimum Gasteiger partial charge on any atom is -0.382 e. The van der Waals surface area contributed by atoms with Crippen molar-refractivity contribution in [1.29, 1.82) is 0 Å². The van der Waals surface area contributed by atoms with Crippen LogP contribution in [-0.2, 0) is 14.8 Å². The maximum Gasteiger partial charge on any atom is 0.248 e. The SMILES string of the molecule is CCNS(=O)(=O)c1ccc(/C=C/C(=O)Nc2ccc(NC3CCCCC3)cc2)cc1. The summed E-state index contributed by atoms with van der Waals surface area (Å²) in [6, 6.07) is 14.7. The molecule has 0 radical (unpaired) electrons. The van der Waals surface area contributed by atoms with Crippen molar-refractivity contribution >= 4 is 33.4 Å². The Hall–Kier alpha value is -2.64. The lowest BCUT2D eigenvalue weighted by Crippen LogP contribution is -2.22. The van der Waals surface area contributed by atoms with E-state index in [4.69, 9.17) is 0 Å². The summed E-state index contributed by atoms with van der Waals surface area (Å²) < 4.78 is 26.3. The molecule has 0 aliphatic heterocycles. The van der Waals surface area contributed by atoms with Crippen molar-refractivity contribution in [2.45, 2.75) is 50.0 Å². The summed E-state index contributed by atoms with van der Waals surface area (Å²) in [4.78, 5) is 12.4. The van der Waals surface area contributed by atoms with E-state index in [-0.39, 0.29) is 10.8 Å². The first-order valence-corrected chi connectivity index (χ1v) is 11.9. The van der Waals surface area contributed by atoms with Gasteiger partial charge in [-0.1, -0.05) is 38.3 Å². The molecular formula is C23H29N3O3S. The van der Waals surface area contributed by atoms with E-state index in [2.05, 4.69) is 15.4 Å². The zero-order valence-electron chi connectivity index (χ0n) is 17.2. The number of anilines is 2. The van der Waals surface area contributed by atoms with E-state index in [1.165, 1.54) is 50.3 Å². The average Bonchev–Trinajstić information content (AvgIpc) is 2.75. The van der Waals surface area contributed by atoms with Gasteiger partial charge in [0.15, 0.2) is 0 Å². The van der Waals surface area contributed by atoms with Gasteiger partial charge in [-0.05, 0) is 60.9 Å². The van der Waals surface area contributed by atoms with E-state index in [1.807, 2.05) is 24.3 Å². The number of nitrogens with one attached hydrogen (secondary N) is 3. The molecule has 160 valence electrons. The Morgan fingerprint density at radius 1 is 0.967 bits per heavy atom. The van der Waals surface area contributed by atoms with Gasteiger partial charge in [-0.15, -0.1) is 0 Å². The van der Waals surface area contributed by atoms with Crippen LogP contribution < -0.4 is 15.4 Å². The monoisotopic (exact) mass is 427 g/mol. The van der Waals surface area contributed by atoms with E-state index < -0.39 is 10.0 Å². The van der Waals surface area contributed by atoms with Gasteiger partial charge in [0.1, 0.15) is 0 Å². The van der Waals surface area contributed by atoms with Crippen LogP contribution in [0.3, 0.4) is 0 Å². The van der Waals surface area contributed by atoms with Crippen LogP contribution in [0, 0.1) is 0 Å². The normalized spacial score (nSPS) is 15.2. The predicted octanol–water partition coefficient (Wildman–Crippen LogP) is 4.38. The molecule has 1 fully saturated rings.